The Bertz CT molecular complexity index is 1080. The van der Waals surface area contributed by atoms with E-state index >= 15 is 0 Å². The topological polar surface area (TPSA) is 85.0 Å². The summed E-state index contributed by atoms with van der Waals surface area (Å²) >= 11 is 13.1. The largest absolute Gasteiger partial charge is 0.435 e. The number of anilines is 1. The van der Waals surface area contributed by atoms with E-state index < -0.39 is 23.7 Å². The Hall–Kier alpha value is -2.62. The summed E-state index contributed by atoms with van der Waals surface area (Å²) in [5.74, 6) is -1.14. The number of hydrogen-bond donors (Lipinski definition) is 1. The van der Waals surface area contributed by atoms with E-state index in [1.54, 1.807) is 19.1 Å². The van der Waals surface area contributed by atoms with Gasteiger partial charge < -0.3 is 10.5 Å². The second-order valence-electron chi connectivity index (χ2n) is 6.27. The van der Waals surface area contributed by atoms with Gasteiger partial charge in [-0.2, -0.15) is 8.78 Å². The molecule has 0 spiro atoms. The first-order valence-corrected chi connectivity index (χ1v) is 10.4. The number of aliphatic imine (C=N–C) groups is 1. The van der Waals surface area contributed by atoms with Crippen LogP contribution in [0, 0.1) is 0 Å². The predicted molar refractivity (Wildman–Crippen MR) is 119 cm³/mol. The number of primary amides is 1. The summed E-state index contributed by atoms with van der Waals surface area (Å²) in [4.78, 5) is 30.2. The van der Waals surface area contributed by atoms with E-state index in [-0.39, 0.29) is 16.6 Å². The number of nitrogens with zero attached hydrogens (tertiary/aromatic N) is 2. The molecule has 3 rings (SSSR count). The maximum Gasteiger partial charge on any atom is 0.387 e. The van der Waals surface area contributed by atoms with E-state index in [0.717, 1.165) is 11.8 Å². The fourth-order valence-corrected chi connectivity index (χ4v) is 3.90. The Morgan fingerprint density at radius 1 is 1.23 bits per heavy atom. The Morgan fingerprint density at radius 2 is 1.90 bits per heavy atom. The van der Waals surface area contributed by atoms with Crippen LogP contribution < -0.4 is 15.4 Å². The van der Waals surface area contributed by atoms with Crippen molar-refractivity contribution in [1.82, 2.24) is 0 Å². The molecule has 2 N–H and O–H groups in total. The number of halogens is 4. The molecule has 31 heavy (non-hydrogen) atoms. The molecule has 1 aliphatic heterocycles. The van der Waals surface area contributed by atoms with Crippen molar-refractivity contribution in [2.24, 2.45) is 10.7 Å². The van der Waals surface area contributed by atoms with Crippen LogP contribution in [0.25, 0.3) is 6.08 Å². The molecule has 1 atom stereocenters. The Balaban J connectivity index is 1.98. The highest BCUT2D eigenvalue weighted by atomic mass is 35.5. The van der Waals surface area contributed by atoms with Gasteiger partial charge in [-0.05, 0) is 55.0 Å². The second-order valence-corrected chi connectivity index (χ2v) is 8.42. The Kier molecular flexibility index (Phi) is 7.19. The third-order valence-corrected chi connectivity index (χ3v) is 5.72. The first-order chi connectivity index (χ1) is 14.7. The highest BCUT2D eigenvalue weighted by molar-refractivity contribution is 8.15. The van der Waals surface area contributed by atoms with Gasteiger partial charge in [0, 0.05) is 10.0 Å². The molecule has 0 aromatic heterocycles. The molecule has 6 nitrogen and oxygen atoms in total. The summed E-state index contributed by atoms with van der Waals surface area (Å²) in [6, 6.07) is 10.2. The van der Waals surface area contributed by atoms with Crippen LogP contribution in [-0.4, -0.2) is 28.8 Å². The number of alkyl halides is 2. The number of rotatable bonds is 6. The fraction of sp³-hybridized carbons (Fsp3) is 0.150. The first kappa shape index (κ1) is 23.1. The van der Waals surface area contributed by atoms with Crippen molar-refractivity contribution in [3.63, 3.8) is 0 Å². The lowest BCUT2D eigenvalue weighted by Gasteiger charge is -2.19. The van der Waals surface area contributed by atoms with Crippen molar-refractivity contribution in [3.05, 3.63) is 63.8 Å². The molecule has 0 aliphatic carbocycles. The van der Waals surface area contributed by atoms with E-state index in [0.29, 0.717) is 21.3 Å². The monoisotopic (exact) mass is 485 g/mol. The normalized spacial score (nSPS) is 16.1. The Labute approximate surface area is 190 Å². The van der Waals surface area contributed by atoms with Crippen molar-refractivity contribution in [2.75, 3.05) is 4.90 Å². The van der Waals surface area contributed by atoms with Crippen LogP contribution in [0.1, 0.15) is 12.5 Å². The molecule has 11 heteroatoms. The number of thioether (sulfide) groups is 1. The molecule has 0 saturated carbocycles. The fourth-order valence-electron chi connectivity index (χ4n) is 2.56. The molecule has 2 aromatic rings. The smallest absolute Gasteiger partial charge is 0.387 e. The van der Waals surface area contributed by atoms with Gasteiger partial charge in [-0.25, -0.2) is 4.99 Å². The maximum absolute atomic E-state index is 13.1. The highest BCUT2D eigenvalue weighted by Gasteiger charge is 2.34. The lowest BCUT2D eigenvalue weighted by atomic mass is 10.2. The van der Waals surface area contributed by atoms with Gasteiger partial charge in [0.1, 0.15) is 11.4 Å². The average molecular weight is 486 g/mol. The summed E-state index contributed by atoms with van der Waals surface area (Å²) < 4.78 is 29.1. The zero-order chi connectivity index (χ0) is 22.7. The minimum Gasteiger partial charge on any atom is -0.435 e. The zero-order valence-corrected chi connectivity index (χ0v) is 18.2. The van der Waals surface area contributed by atoms with Gasteiger partial charge in [-0.1, -0.05) is 41.0 Å². The third kappa shape index (κ3) is 5.55. The average Bonchev–Trinajstić information content (AvgIpc) is 2.99. The van der Waals surface area contributed by atoms with Crippen LogP contribution in [0.3, 0.4) is 0 Å². The lowest BCUT2D eigenvalue weighted by molar-refractivity contribution is -0.117. The molecular weight excluding hydrogens is 471 g/mol. The number of carbonyl (C=O) groups excluding carboxylic acids is 2. The summed E-state index contributed by atoms with van der Waals surface area (Å²) in [5, 5.41) is 0.298. The van der Waals surface area contributed by atoms with Gasteiger partial charge in [0.05, 0.1) is 10.9 Å². The van der Waals surface area contributed by atoms with Crippen LogP contribution in [0.15, 0.2) is 53.2 Å². The molecule has 2 aromatic carbocycles. The quantitative estimate of drug-likeness (QED) is 0.586. The predicted octanol–water partition coefficient (Wildman–Crippen LogP) is 4.95. The Morgan fingerprint density at radius 3 is 2.48 bits per heavy atom. The van der Waals surface area contributed by atoms with Gasteiger partial charge >= 0.3 is 6.61 Å². The molecule has 162 valence electrons. The van der Waals surface area contributed by atoms with E-state index in [9.17, 15) is 18.4 Å². The number of hydrogen-bond acceptors (Lipinski definition) is 5. The molecule has 1 heterocycles. The summed E-state index contributed by atoms with van der Waals surface area (Å²) in [5.41, 5.74) is 6.28. The minimum atomic E-state index is -2.97. The number of ether oxygens (including phenoxy) is 1. The minimum absolute atomic E-state index is 0.0641. The molecule has 1 unspecified atom stereocenters. The number of nitrogens with two attached hydrogens (primary N) is 1. The van der Waals surface area contributed by atoms with Gasteiger partial charge in [0.25, 0.3) is 5.91 Å². The van der Waals surface area contributed by atoms with E-state index in [1.165, 1.54) is 41.3 Å². The van der Waals surface area contributed by atoms with Crippen LogP contribution in [-0.2, 0) is 9.59 Å². The SMILES string of the molecule is CC(SC1=N/C(=C\c2ccc(Cl)cc2Cl)C(=O)N1c1ccc(OC(F)F)cc1)C(N)=O. The first-order valence-electron chi connectivity index (χ1n) is 8.76. The summed E-state index contributed by atoms with van der Waals surface area (Å²) in [7, 11) is 0. The molecule has 0 bridgehead atoms. The van der Waals surface area contributed by atoms with Gasteiger partial charge in [0.2, 0.25) is 5.91 Å². The highest BCUT2D eigenvalue weighted by Crippen LogP contribution is 2.33. The number of benzene rings is 2. The number of carbonyl (C=O) groups is 2. The molecule has 0 radical (unpaired) electrons. The van der Waals surface area contributed by atoms with Crippen LogP contribution in [0.2, 0.25) is 10.0 Å². The molecule has 2 amide bonds. The maximum atomic E-state index is 13.1. The number of amidine groups is 1. The van der Waals surface area contributed by atoms with Crippen LogP contribution in [0.4, 0.5) is 14.5 Å². The van der Waals surface area contributed by atoms with Crippen LogP contribution >= 0.6 is 35.0 Å². The molecule has 0 fully saturated rings. The van der Waals surface area contributed by atoms with E-state index in [2.05, 4.69) is 9.73 Å². The second kappa shape index (κ2) is 9.67. The van der Waals surface area contributed by atoms with Gasteiger partial charge in [-0.15, -0.1) is 0 Å². The third-order valence-electron chi connectivity index (χ3n) is 4.09. The van der Waals surface area contributed by atoms with Crippen molar-refractivity contribution >= 4 is 63.7 Å². The van der Waals surface area contributed by atoms with E-state index in [4.69, 9.17) is 28.9 Å². The molecular formula is C20H15Cl2F2N3O3S. The summed E-state index contributed by atoms with van der Waals surface area (Å²) in [6.45, 7) is -1.39. The van der Waals surface area contributed by atoms with Gasteiger partial charge in [0.15, 0.2) is 5.17 Å². The van der Waals surface area contributed by atoms with Gasteiger partial charge in [-0.3, -0.25) is 14.5 Å². The summed E-state index contributed by atoms with van der Waals surface area (Å²) in [6.07, 6.45) is 1.49. The standard InChI is InChI=1S/C20H15Cl2F2N3O3S/c1-10(17(25)28)31-20-26-16(8-11-2-3-12(21)9-15(11)22)18(29)27(20)13-4-6-14(7-5-13)30-19(23)24/h2-10,19H,1H3,(H2,25,28)/b16-8-. The molecule has 0 saturated heterocycles. The lowest BCUT2D eigenvalue weighted by Crippen LogP contribution is -2.33. The van der Waals surface area contributed by atoms with Crippen molar-refractivity contribution in [2.45, 2.75) is 18.8 Å². The number of amides is 2. The van der Waals surface area contributed by atoms with Crippen molar-refractivity contribution < 1.29 is 23.1 Å². The van der Waals surface area contributed by atoms with Crippen molar-refractivity contribution in [1.29, 1.82) is 0 Å². The zero-order valence-electron chi connectivity index (χ0n) is 15.9. The van der Waals surface area contributed by atoms with E-state index in [1.807, 2.05) is 0 Å². The van der Waals surface area contributed by atoms with Crippen molar-refractivity contribution in [3.8, 4) is 5.75 Å². The molecule has 1 aliphatic rings. The van der Waals surface area contributed by atoms with Crippen LogP contribution in [0.5, 0.6) is 5.75 Å².